The zero-order valence-corrected chi connectivity index (χ0v) is 14.5. The highest BCUT2D eigenvalue weighted by molar-refractivity contribution is 7.90. The smallest absolute Gasteiger partial charge is 0.223 e. The number of rotatable bonds is 5. The van der Waals surface area contributed by atoms with Crippen molar-refractivity contribution in [2.24, 2.45) is 0 Å². The molecule has 0 aliphatic carbocycles. The third-order valence-corrected chi connectivity index (χ3v) is 4.85. The van der Waals surface area contributed by atoms with Gasteiger partial charge in [0.2, 0.25) is 5.95 Å². The monoisotopic (exact) mass is 375 g/mol. The Kier molecular flexibility index (Phi) is 4.94. The molecule has 0 fully saturated rings. The van der Waals surface area contributed by atoms with Crippen molar-refractivity contribution < 1.29 is 17.2 Å². The van der Waals surface area contributed by atoms with E-state index in [1.807, 2.05) is 0 Å². The number of aromatic nitrogens is 2. The Morgan fingerprint density at radius 2 is 1.62 bits per heavy atom. The predicted molar refractivity (Wildman–Crippen MR) is 93.4 cm³/mol. The van der Waals surface area contributed by atoms with Crippen LogP contribution in [0.3, 0.4) is 0 Å². The van der Waals surface area contributed by atoms with Crippen LogP contribution in [0, 0.1) is 11.6 Å². The van der Waals surface area contributed by atoms with Gasteiger partial charge in [-0.2, -0.15) is 0 Å². The Bertz CT molecular complexity index is 1030. The first-order valence-corrected chi connectivity index (χ1v) is 9.52. The molecule has 134 valence electrons. The Hall–Kier alpha value is -2.87. The second-order valence-electron chi connectivity index (χ2n) is 5.67. The number of hydrogen-bond acceptors (Lipinski definition) is 5. The Balaban J connectivity index is 2.10. The van der Waals surface area contributed by atoms with Crippen molar-refractivity contribution in [2.75, 3.05) is 11.6 Å². The standard InChI is InChI=1S/C18H15F2N3O2S/c1-26(24,25)14-5-2-4-12(10-14)17(23-18-21-8-3-9-22-18)13-6-7-15(19)16(20)11-13/h2-11,17H,1H3,(H,21,22,23). The second kappa shape index (κ2) is 7.17. The molecule has 0 radical (unpaired) electrons. The second-order valence-corrected chi connectivity index (χ2v) is 7.68. The molecule has 0 aliphatic heterocycles. The highest BCUT2D eigenvalue weighted by Crippen LogP contribution is 2.28. The molecule has 5 nitrogen and oxygen atoms in total. The Labute approximate surface area is 149 Å². The van der Waals surface area contributed by atoms with E-state index >= 15 is 0 Å². The molecular weight excluding hydrogens is 360 g/mol. The van der Waals surface area contributed by atoms with E-state index in [0.717, 1.165) is 18.4 Å². The van der Waals surface area contributed by atoms with Gasteiger partial charge in [-0.05, 0) is 41.5 Å². The SMILES string of the molecule is CS(=O)(=O)c1cccc(C(Nc2ncccn2)c2ccc(F)c(F)c2)c1. The number of nitrogens with one attached hydrogen (secondary N) is 1. The molecular formula is C18H15F2N3O2S. The van der Waals surface area contributed by atoms with Crippen molar-refractivity contribution in [2.45, 2.75) is 10.9 Å². The maximum absolute atomic E-state index is 13.7. The van der Waals surface area contributed by atoms with Crippen LogP contribution in [0.4, 0.5) is 14.7 Å². The average molecular weight is 375 g/mol. The molecule has 2 aromatic carbocycles. The maximum Gasteiger partial charge on any atom is 0.223 e. The zero-order valence-electron chi connectivity index (χ0n) is 13.7. The summed E-state index contributed by atoms with van der Waals surface area (Å²) in [4.78, 5) is 8.27. The molecule has 1 N–H and O–H groups in total. The predicted octanol–water partition coefficient (Wildman–Crippen LogP) is 3.36. The van der Waals surface area contributed by atoms with Gasteiger partial charge in [0.05, 0.1) is 10.9 Å². The molecule has 1 heterocycles. The minimum Gasteiger partial charge on any atom is -0.343 e. The van der Waals surface area contributed by atoms with Gasteiger partial charge in [-0.25, -0.2) is 27.2 Å². The van der Waals surface area contributed by atoms with Crippen LogP contribution in [-0.4, -0.2) is 24.6 Å². The summed E-state index contributed by atoms with van der Waals surface area (Å²) >= 11 is 0. The topological polar surface area (TPSA) is 72.0 Å². The summed E-state index contributed by atoms with van der Waals surface area (Å²) in [6.45, 7) is 0. The lowest BCUT2D eigenvalue weighted by molar-refractivity contribution is 0.506. The minimum atomic E-state index is -3.42. The fourth-order valence-corrected chi connectivity index (χ4v) is 3.15. The van der Waals surface area contributed by atoms with E-state index in [4.69, 9.17) is 0 Å². The quantitative estimate of drug-likeness (QED) is 0.740. The van der Waals surface area contributed by atoms with Crippen LogP contribution in [0.2, 0.25) is 0 Å². The molecule has 0 aliphatic rings. The van der Waals surface area contributed by atoms with E-state index in [9.17, 15) is 17.2 Å². The zero-order chi connectivity index (χ0) is 18.7. The fourth-order valence-electron chi connectivity index (χ4n) is 2.48. The molecule has 1 unspecified atom stereocenters. The van der Waals surface area contributed by atoms with Crippen molar-refractivity contribution in [1.29, 1.82) is 0 Å². The van der Waals surface area contributed by atoms with Gasteiger partial charge >= 0.3 is 0 Å². The minimum absolute atomic E-state index is 0.123. The van der Waals surface area contributed by atoms with E-state index in [1.54, 1.807) is 18.2 Å². The van der Waals surface area contributed by atoms with Gasteiger partial charge in [0.15, 0.2) is 21.5 Å². The third kappa shape index (κ3) is 4.02. The number of halogens is 2. The third-order valence-electron chi connectivity index (χ3n) is 3.74. The summed E-state index contributed by atoms with van der Waals surface area (Å²) in [6, 6.07) is 10.7. The van der Waals surface area contributed by atoms with E-state index in [1.165, 1.54) is 30.6 Å². The van der Waals surface area contributed by atoms with E-state index < -0.39 is 27.5 Å². The van der Waals surface area contributed by atoms with E-state index in [-0.39, 0.29) is 10.8 Å². The highest BCUT2D eigenvalue weighted by Gasteiger charge is 2.19. The van der Waals surface area contributed by atoms with E-state index in [2.05, 4.69) is 15.3 Å². The molecule has 0 saturated carbocycles. The van der Waals surface area contributed by atoms with Crippen molar-refractivity contribution >= 4 is 15.8 Å². The number of hydrogen-bond donors (Lipinski definition) is 1. The summed E-state index contributed by atoms with van der Waals surface area (Å²) in [6.07, 6.45) is 4.17. The summed E-state index contributed by atoms with van der Waals surface area (Å²) in [5.41, 5.74) is 0.952. The summed E-state index contributed by atoms with van der Waals surface area (Å²) in [7, 11) is -3.42. The highest BCUT2D eigenvalue weighted by atomic mass is 32.2. The number of benzene rings is 2. The van der Waals surface area contributed by atoms with Crippen LogP contribution in [0.5, 0.6) is 0 Å². The van der Waals surface area contributed by atoms with Crippen LogP contribution in [0.1, 0.15) is 17.2 Å². The van der Waals surface area contributed by atoms with Crippen LogP contribution < -0.4 is 5.32 Å². The average Bonchev–Trinajstić information content (AvgIpc) is 2.62. The van der Waals surface area contributed by atoms with Crippen LogP contribution in [0.15, 0.2) is 65.8 Å². The van der Waals surface area contributed by atoms with Gasteiger partial charge in [-0.15, -0.1) is 0 Å². The van der Waals surface area contributed by atoms with Gasteiger partial charge in [0.25, 0.3) is 0 Å². The molecule has 1 atom stereocenters. The van der Waals surface area contributed by atoms with Gasteiger partial charge in [-0.1, -0.05) is 18.2 Å². The first-order valence-electron chi connectivity index (χ1n) is 7.63. The van der Waals surface area contributed by atoms with Gasteiger partial charge in [0, 0.05) is 18.6 Å². The largest absolute Gasteiger partial charge is 0.343 e. The maximum atomic E-state index is 13.7. The molecule has 26 heavy (non-hydrogen) atoms. The lowest BCUT2D eigenvalue weighted by atomic mass is 9.98. The van der Waals surface area contributed by atoms with Gasteiger partial charge in [0.1, 0.15) is 0 Å². The van der Waals surface area contributed by atoms with Crippen LogP contribution in [0.25, 0.3) is 0 Å². The van der Waals surface area contributed by atoms with Crippen molar-refractivity contribution in [1.82, 2.24) is 9.97 Å². The molecule has 0 saturated heterocycles. The first kappa shape index (κ1) is 17.9. The molecule has 0 amide bonds. The summed E-state index contributed by atoms with van der Waals surface area (Å²) < 4.78 is 50.7. The molecule has 3 rings (SSSR count). The fraction of sp³-hybridized carbons (Fsp3) is 0.111. The van der Waals surface area contributed by atoms with E-state index in [0.29, 0.717) is 11.1 Å². The molecule has 0 spiro atoms. The Morgan fingerprint density at radius 3 is 2.27 bits per heavy atom. The lowest BCUT2D eigenvalue weighted by Crippen LogP contribution is -2.15. The van der Waals surface area contributed by atoms with Gasteiger partial charge < -0.3 is 5.32 Å². The van der Waals surface area contributed by atoms with Crippen molar-refractivity contribution in [3.05, 3.63) is 83.7 Å². The summed E-state index contributed by atoms with van der Waals surface area (Å²) in [5.74, 6) is -1.69. The number of anilines is 1. The normalized spacial score (nSPS) is 12.6. The van der Waals surface area contributed by atoms with Gasteiger partial charge in [-0.3, -0.25) is 0 Å². The van der Waals surface area contributed by atoms with Crippen LogP contribution >= 0.6 is 0 Å². The Morgan fingerprint density at radius 1 is 0.923 bits per heavy atom. The lowest BCUT2D eigenvalue weighted by Gasteiger charge is -2.20. The number of nitrogens with zero attached hydrogens (tertiary/aromatic N) is 2. The van der Waals surface area contributed by atoms with Crippen LogP contribution in [-0.2, 0) is 9.84 Å². The molecule has 0 bridgehead atoms. The number of sulfone groups is 1. The van der Waals surface area contributed by atoms with Crippen molar-refractivity contribution in [3.63, 3.8) is 0 Å². The molecule has 3 aromatic rings. The summed E-state index contributed by atoms with van der Waals surface area (Å²) in [5, 5.41) is 3.03. The van der Waals surface area contributed by atoms with Crippen molar-refractivity contribution in [3.8, 4) is 0 Å². The molecule has 8 heteroatoms. The first-order chi connectivity index (χ1) is 12.3. The molecule has 1 aromatic heterocycles.